The molecule has 0 radical (unpaired) electrons. The molecule has 43 heavy (non-hydrogen) atoms. The number of morpholine rings is 1. The zero-order valence-electron chi connectivity index (χ0n) is 23.3. The first-order chi connectivity index (χ1) is 21.0. The average Bonchev–Trinajstić information content (AvgIpc) is 3.36. The second kappa shape index (κ2) is 13.7. The van der Waals surface area contributed by atoms with Gasteiger partial charge in [-0.2, -0.15) is 5.26 Å². The molecule has 5 rings (SSSR count). The van der Waals surface area contributed by atoms with E-state index in [-0.39, 0.29) is 28.3 Å². The van der Waals surface area contributed by atoms with Gasteiger partial charge in [-0.1, -0.05) is 42.5 Å². The summed E-state index contributed by atoms with van der Waals surface area (Å²) in [6, 6.07) is 25.1. The molecule has 0 unspecified atom stereocenters. The Morgan fingerprint density at radius 2 is 1.72 bits per heavy atom. The Morgan fingerprint density at radius 1 is 1.02 bits per heavy atom. The molecule has 11 heteroatoms. The van der Waals surface area contributed by atoms with Crippen LogP contribution in [0.15, 0.2) is 83.7 Å². The summed E-state index contributed by atoms with van der Waals surface area (Å²) in [4.78, 5) is 41.0. The lowest BCUT2D eigenvalue weighted by Crippen LogP contribution is -2.42. The van der Waals surface area contributed by atoms with Gasteiger partial charge in [-0.3, -0.25) is 19.0 Å². The molecular weight excluding hydrogens is 568 g/mol. The number of anilines is 1. The fourth-order valence-electron chi connectivity index (χ4n) is 4.48. The van der Waals surface area contributed by atoms with Gasteiger partial charge in [0.15, 0.2) is 23.7 Å². The summed E-state index contributed by atoms with van der Waals surface area (Å²) < 4.78 is 18.5. The van der Waals surface area contributed by atoms with Crippen LogP contribution in [0, 0.1) is 11.3 Å². The molecule has 1 aliphatic rings. The third kappa shape index (κ3) is 6.83. The van der Waals surface area contributed by atoms with Crippen molar-refractivity contribution in [3.8, 4) is 23.3 Å². The van der Waals surface area contributed by atoms with E-state index in [1.54, 1.807) is 65.6 Å². The van der Waals surface area contributed by atoms with E-state index >= 15 is 0 Å². The molecule has 0 bridgehead atoms. The minimum Gasteiger partial charge on any atom is -0.493 e. The quantitative estimate of drug-likeness (QED) is 0.331. The third-order valence-electron chi connectivity index (χ3n) is 6.58. The van der Waals surface area contributed by atoms with E-state index in [0.717, 1.165) is 11.3 Å². The minimum atomic E-state index is -0.442. The van der Waals surface area contributed by atoms with E-state index in [1.165, 1.54) is 11.7 Å². The van der Waals surface area contributed by atoms with Crippen LogP contribution in [0.5, 0.6) is 11.5 Å². The van der Waals surface area contributed by atoms with Gasteiger partial charge in [-0.25, -0.2) is 0 Å². The highest BCUT2D eigenvalue weighted by Crippen LogP contribution is 2.28. The molecule has 1 saturated heterocycles. The van der Waals surface area contributed by atoms with Crippen LogP contribution < -0.4 is 29.5 Å². The highest BCUT2D eigenvalue weighted by atomic mass is 32.1. The fourth-order valence-corrected chi connectivity index (χ4v) is 5.58. The minimum absolute atomic E-state index is 0.109. The Balaban J connectivity index is 1.50. The second-order valence-electron chi connectivity index (χ2n) is 9.40. The van der Waals surface area contributed by atoms with Gasteiger partial charge in [0.25, 0.3) is 17.4 Å². The molecule has 10 nitrogen and oxygen atoms in total. The maximum atomic E-state index is 13.7. The molecule has 0 aliphatic carbocycles. The lowest BCUT2D eigenvalue weighted by atomic mass is 10.2. The molecule has 2 heterocycles. The van der Waals surface area contributed by atoms with Gasteiger partial charge in [0.05, 0.1) is 30.5 Å². The highest BCUT2D eigenvalue weighted by Gasteiger charge is 2.24. The van der Waals surface area contributed by atoms with E-state index < -0.39 is 5.91 Å². The monoisotopic (exact) mass is 596 g/mol. The van der Waals surface area contributed by atoms with Crippen LogP contribution in [-0.4, -0.2) is 61.3 Å². The zero-order valence-corrected chi connectivity index (χ0v) is 24.1. The number of hydrogen-bond acceptors (Lipinski definition) is 8. The topological polar surface area (TPSA) is 123 Å². The van der Waals surface area contributed by atoms with E-state index in [9.17, 15) is 19.6 Å². The molecule has 1 N–H and O–H groups in total. The molecule has 1 fully saturated rings. The fraction of sp³-hybridized carbons (Fsp3) is 0.188. The Kier molecular flexibility index (Phi) is 9.31. The predicted molar refractivity (Wildman–Crippen MR) is 163 cm³/mol. The Morgan fingerprint density at radius 3 is 2.40 bits per heavy atom. The summed E-state index contributed by atoms with van der Waals surface area (Å²) in [5, 5.41) is 12.8. The number of methoxy groups -OCH3 is 1. The van der Waals surface area contributed by atoms with Crippen molar-refractivity contribution in [1.82, 2.24) is 9.47 Å². The van der Waals surface area contributed by atoms with Crippen LogP contribution >= 0.6 is 11.3 Å². The Bertz CT molecular complexity index is 1840. The van der Waals surface area contributed by atoms with Crippen molar-refractivity contribution < 1.29 is 23.8 Å². The maximum absolute atomic E-state index is 13.7. The number of aromatic nitrogens is 1. The summed E-state index contributed by atoms with van der Waals surface area (Å²) in [6.07, 6.45) is 1.67. The van der Waals surface area contributed by atoms with Gasteiger partial charge in [0.2, 0.25) is 0 Å². The standard InChI is InChI=1S/C32H28N4O6S/c1-40-27-18-22(12-13-26(27)42-21-29(37)34-23-8-4-2-5-9-23)19-28-31(39)36(24-10-6-3-7-11-24)32(43-28)25(20-33)30(38)35-14-16-41-17-15-35/h2-13,18-19H,14-17,21H2,1H3,(H,34,37)/b28-19+,32-25-. The molecule has 1 aromatic heterocycles. The molecular formula is C32H28N4O6S. The second-order valence-corrected chi connectivity index (χ2v) is 10.4. The van der Waals surface area contributed by atoms with Crippen molar-refractivity contribution in [2.24, 2.45) is 0 Å². The first-order valence-electron chi connectivity index (χ1n) is 13.4. The lowest BCUT2D eigenvalue weighted by molar-refractivity contribution is -0.128. The van der Waals surface area contributed by atoms with Crippen molar-refractivity contribution in [2.45, 2.75) is 0 Å². The van der Waals surface area contributed by atoms with E-state index in [0.29, 0.717) is 59.3 Å². The SMILES string of the molecule is COc1cc(/C=c2/s/c(=C(/C#N)C(=O)N3CCOCC3)n(-c3ccccc3)c2=O)ccc1OCC(=O)Nc1ccccc1. The Labute approximate surface area is 251 Å². The number of rotatable bonds is 8. The third-order valence-corrected chi connectivity index (χ3v) is 7.67. The lowest BCUT2D eigenvalue weighted by Gasteiger charge is -2.26. The number of carbonyl (C=O) groups is 2. The number of amides is 2. The molecule has 0 saturated carbocycles. The van der Waals surface area contributed by atoms with E-state index in [4.69, 9.17) is 14.2 Å². The van der Waals surface area contributed by atoms with Crippen molar-refractivity contribution in [3.05, 3.63) is 104 Å². The van der Waals surface area contributed by atoms with Crippen LogP contribution in [0.3, 0.4) is 0 Å². The van der Waals surface area contributed by atoms with E-state index in [1.807, 2.05) is 30.3 Å². The Hall–Kier alpha value is -5.18. The number of thiazole rings is 1. The first kappa shape index (κ1) is 29.3. The number of ether oxygens (including phenoxy) is 3. The number of nitrogens with zero attached hydrogens (tertiary/aromatic N) is 3. The summed E-state index contributed by atoms with van der Waals surface area (Å²) in [5.74, 6) is -0.0452. The van der Waals surface area contributed by atoms with Gasteiger partial charge in [-0.05, 0) is 48.0 Å². The van der Waals surface area contributed by atoms with Crippen molar-refractivity contribution in [1.29, 1.82) is 5.26 Å². The van der Waals surface area contributed by atoms with Crippen LogP contribution in [-0.2, 0) is 14.3 Å². The van der Waals surface area contributed by atoms with Gasteiger partial charge in [-0.15, -0.1) is 11.3 Å². The first-order valence-corrected chi connectivity index (χ1v) is 14.3. The molecule has 218 valence electrons. The van der Waals surface area contributed by atoms with Crippen molar-refractivity contribution in [2.75, 3.05) is 45.3 Å². The van der Waals surface area contributed by atoms with Crippen LogP contribution in [0.4, 0.5) is 5.69 Å². The molecule has 0 spiro atoms. The molecule has 4 aromatic rings. The number of benzene rings is 3. The largest absolute Gasteiger partial charge is 0.493 e. The number of nitrogens with one attached hydrogen (secondary N) is 1. The summed E-state index contributed by atoms with van der Waals surface area (Å²) in [5.41, 5.74) is 1.35. The molecule has 0 atom stereocenters. The average molecular weight is 597 g/mol. The molecule has 3 aromatic carbocycles. The van der Waals surface area contributed by atoms with Crippen LogP contribution in [0.2, 0.25) is 0 Å². The number of hydrogen-bond donors (Lipinski definition) is 1. The van der Waals surface area contributed by atoms with E-state index in [2.05, 4.69) is 5.32 Å². The van der Waals surface area contributed by atoms with Gasteiger partial charge in [0.1, 0.15) is 10.7 Å². The summed E-state index contributed by atoms with van der Waals surface area (Å²) >= 11 is 1.07. The predicted octanol–water partition coefficient (Wildman–Crippen LogP) is 2.29. The highest BCUT2D eigenvalue weighted by molar-refractivity contribution is 7.07. The van der Waals surface area contributed by atoms with Gasteiger partial charge < -0.3 is 24.4 Å². The van der Waals surface area contributed by atoms with Crippen molar-refractivity contribution in [3.63, 3.8) is 0 Å². The van der Waals surface area contributed by atoms with Gasteiger partial charge in [0, 0.05) is 18.8 Å². The normalized spacial score (nSPS) is 14.0. The summed E-state index contributed by atoms with van der Waals surface area (Å²) in [7, 11) is 1.48. The summed E-state index contributed by atoms with van der Waals surface area (Å²) in [6.45, 7) is 1.28. The molecule has 2 amide bonds. The van der Waals surface area contributed by atoms with Crippen LogP contribution in [0.1, 0.15) is 5.56 Å². The maximum Gasteiger partial charge on any atom is 0.273 e. The smallest absolute Gasteiger partial charge is 0.273 e. The number of nitriles is 1. The van der Waals surface area contributed by atoms with Crippen molar-refractivity contribution >= 4 is 40.5 Å². The number of para-hydroxylation sites is 2. The zero-order chi connectivity index (χ0) is 30.2. The van der Waals surface area contributed by atoms with Gasteiger partial charge >= 0.3 is 0 Å². The molecule has 1 aliphatic heterocycles. The van der Waals surface area contributed by atoms with Crippen LogP contribution in [0.25, 0.3) is 17.3 Å². The number of carbonyl (C=O) groups excluding carboxylic acids is 2.